The molecule has 0 bridgehead atoms. The van der Waals surface area contributed by atoms with E-state index in [0.29, 0.717) is 18.0 Å². The molecule has 1 amide bonds. The zero-order valence-corrected chi connectivity index (χ0v) is 25.0. The van der Waals surface area contributed by atoms with Gasteiger partial charge >= 0.3 is 0 Å². The van der Waals surface area contributed by atoms with Crippen LogP contribution in [0.25, 0.3) is 22.2 Å². The van der Waals surface area contributed by atoms with Crippen LogP contribution in [0.2, 0.25) is 0 Å². The Balaban J connectivity index is 1.56. The highest BCUT2D eigenvalue weighted by atomic mass is 16.1. The van der Waals surface area contributed by atoms with E-state index in [1.54, 1.807) is 0 Å². The van der Waals surface area contributed by atoms with Gasteiger partial charge in [0.1, 0.15) is 0 Å². The van der Waals surface area contributed by atoms with Crippen LogP contribution in [0.1, 0.15) is 74.5 Å². The van der Waals surface area contributed by atoms with Crippen LogP contribution in [0.5, 0.6) is 0 Å². The van der Waals surface area contributed by atoms with Gasteiger partial charge in [-0.1, -0.05) is 107 Å². The molecule has 1 aromatic heterocycles. The minimum Gasteiger partial charge on any atom is -0.345 e. The molecule has 1 unspecified atom stereocenters. The highest BCUT2D eigenvalue weighted by molar-refractivity contribution is 6.09. The van der Waals surface area contributed by atoms with Crippen LogP contribution in [0.3, 0.4) is 0 Å². The monoisotopic (exact) mass is 548 g/mol. The Morgan fingerprint density at radius 1 is 1.00 bits per heavy atom. The Labute approximate surface area is 245 Å². The number of aromatic nitrogens is 1. The number of para-hydroxylation sites is 1. The standard InChI is InChI=1S/C36H44N4O/c1-5-31(26-14-8-6-9-15-26)39-35(41)33-29-18-12-13-19-32(29)38-34(27-16-10-7-11-17-27)30(33)25-40-23-22-37-28(24-40)20-21-36(2,3)4/h6-19,28,31,37H,5,20-25H2,1-4H3,(H,39,41)/t28?,31-/m0/s1. The summed E-state index contributed by atoms with van der Waals surface area (Å²) in [7, 11) is 0. The van der Waals surface area contributed by atoms with E-state index >= 15 is 0 Å². The van der Waals surface area contributed by atoms with Crippen molar-refractivity contribution in [2.75, 3.05) is 19.6 Å². The maximum absolute atomic E-state index is 14.4. The van der Waals surface area contributed by atoms with Gasteiger partial charge in [0.15, 0.2) is 0 Å². The predicted molar refractivity (Wildman–Crippen MR) is 170 cm³/mol. The Kier molecular flexibility index (Phi) is 9.16. The van der Waals surface area contributed by atoms with Gasteiger partial charge in [0.2, 0.25) is 0 Å². The van der Waals surface area contributed by atoms with Crippen LogP contribution in [0, 0.1) is 5.41 Å². The third kappa shape index (κ3) is 7.22. The van der Waals surface area contributed by atoms with Gasteiger partial charge in [0, 0.05) is 48.7 Å². The molecule has 0 aliphatic carbocycles. The van der Waals surface area contributed by atoms with E-state index in [0.717, 1.165) is 71.3 Å². The molecule has 2 N–H and O–H groups in total. The summed E-state index contributed by atoms with van der Waals surface area (Å²) in [5, 5.41) is 8.04. The van der Waals surface area contributed by atoms with Gasteiger partial charge in [-0.2, -0.15) is 0 Å². The van der Waals surface area contributed by atoms with E-state index < -0.39 is 0 Å². The van der Waals surface area contributed by atoms with Gasteiger partial charge in [-0.05, 0) is 36.3 Å². The number of pyridine rings is 1. The highest BCUT2D eigenvalue weighted by Gasteiger charge is 2.27. The summed E-state index contributed by atoms with van der Waals surface area (Å²) in [6.07, 6.45) is 3.13. The summed E-state index contributed by atoms with van der Waals surface area (Å²) in [5.74, 6) is -0.0362. The molecule has 5 rings (SSSR count). The first-order chi connectivity index (χ1) is 19.8. The third-order valence-corrected chi connectivity index (χ3v) is 8.15. The molecule has 0 radical (unpaired) electrons. The molecule has 1 aliphatic rings. The summed E-state index contributed by atoms with van der Waals surface area (Å²) in [6, 6.07) is 29.0. The second-order valence-electron chi connectivity index (χ2n) is 12.5. The molecule has 2 heterocycles. The Morgan fingerprint density at radius 3 is 2.39 bits per heavy atom. The zero-order valence-electron chi connectivity index (χ0n) is 25.0. The lowest BCUT2D eigenvalue weighted by atomic mass is 9.88. The fourth-order valence-corrected chi connectivity index (χ4v) is 5.90. The van der Waals surface area contributed by atoms with E-state index in [-0.39, 0.29) is 11.9 Å². The van der Waals surface area contributed by atoms with Crippen molar-refractivity contribution in [3.05, 3.63) is 102 Å². The normalized spacial score (nSPS) is 16.9. The summed E-state index contributed by atoms with van der Waals surface area (Å²) in [5.41, 5.74) is 5.96. The number of rotatable bonds is 9. The molecule has 1 aliphatic heterocycles. The molecule has 1 fully saturated rings. The highest BCUT2D eigenvalue weighted by Crippen LogP contribution is 2.33. The number of benzene rings is 3. The summed E-state index contributed by atoms with van der Waals surface area (Å²) in [6.45, 7) is 12.6. The van der Waals surface area contributed by atoms with Crippen molar-refractivity contribution in [2.24, 2.45) is 5.41 Å². The van der Waals surface area contributed by atoms with Crippen molar-refractivity contribution in [3.8, 4) is 11.3 Å². The van der Waals surface area contributed by atoms with Crippen molar-refractivity contribution in [1.82, 2.24) is 20.5 Å². The van der Waals surface area contributed by atoms with Gasteiger partial charge in [-0.15, -0.1) is 0 Å². The average molecular weight is 549 g/mol. The molecule has 2 atom stereocenters. The molecule has 214 valence electrons. The largest absolute Gasteiger partial charge is 0.345 e. The van der Waals surface area contributed by atoms with Crippen LogP contribution in [0.15, 0.2) is 84.9 Å². The van der Waals surface area contributed by atoms with Crippen molar-refractivity contribution in [2.45, 2.75) is 65.6 Å². The lowest BCUT2D eigenvalue weighted by Crippen LogP contribution is -2.50. The fraction of sp³-hybridized carbons (Fsp3) is 0.389. The Bertz CT molecular complexity index is 1450. The first-order valence-corrected chi connectivity index (χ1v) is 15.1. The lowest BCUT2D eigenvalue weighted by Gasteiger charge is -2.35. The van der Waals surface area contributed by atoms with E-state index in [2.05, 4.69) is 67.5 Å². The smallest absolute Gasteiger partial charge is 0.252 e. The van der Waals surface area contributed by atoms with Gasteiger partial charge < -0.3 is 10.6 Å². The van der Waals surface area contributed by atoms with Crippen molar-refractivity contribution < 1.29 is 4.79 Å². The fourth-order valence-electron chi connectivity index (χ4n) is 5.90. The van der Waals surface area contributed by atoms with Crippen molar-refractivity contribution in [1.29, 1.82) is 0 Å². The number of hydrogen-bond acceptors (Lipinski definition) is 4. The van der Waals surface area contributed by atoms with Crippen LogP contribution in [-0.2, 0) is 6.54 Å². The second kappa shape index (κ2) is 13.0. The topological polar surface area (TPSA) is 57.3 Å². The number of amides is 1. The molecule has 0 spiro atoms. The number of hydrogen-bond donors (Lipinski definition) is 2. The quantitative estimate of drug-likeness (QED) is 0.229. The van der Waals surface area contributed by atoms with Gasteiger partial charge in [-0.3, -0.25) is 9.69 Å². The molecular weight excluding hydrogens is 504 g/mol. The summed E-state index contributed by atoms with van der Waals surface area (Å²) < 4.78 is 0. The molecular formula is C36H44N4O. The minimum absolute atomic E-state index is 0.0362. The zero-order chi connectivity index (χ0) is 28.8. The molecule has 0 saturated carbocycles. The molecule has 1 saturated heterocycles. The molecule has 5 heteroatoms. The lowest BCUT2D eigenvalue weighted by molar-refractivity contribution is 0.0934. The van der Waals surface area contributed by atoms with Crippen molar-refractivity contribution >= 4 is 16.8 Å². The molecule has 3 aromatic carbocycles. The van der Waals surface area contributed by atoms with Crippen molar-refractivity contribution in [3.63, 3.8) is 0 Å². The van der Waals surface area contributed by atoms with Gasteiger partial charge in [0.25, 0.3) is 5.91 Å². The number of piperazine rings is 1. The number of nitrogens with one attached hydrogen (secondary N) is 2. The third-order valence-electron chi connectivity index (χ3n) is 8.15. The van der Waals surface area contributed by atoms with Gasteiger partial charge in [0.05, 0.1) is 22.8 Å². The van der Waals surface area contributed by atoms with E-state index in [9.17, 15) is 4.79 Å². The van der Waals surface area contributed by atoms with Crippen LogP contribution < -0.4 is 10.6 Å². The number of carbonyl (C=O) groups excluding carboxylic acids is 1. The Morgan fingerprint density at radius 2 is 1.68 bits per heavy atom. The van der Waals surface area contributed by atoms with E-state index in [1.165, 1.54) is 6.42 Å². The minimum atomic E-state index is -0.0652. The molecule has 4 aromatic rings. The van der Waals surface area contributed by atoms with Crippen LogP contribution in [-0.4, -0.2) is 41.5 Å². The predicted octanol–water partition coefficient (Wildman–Crippen LogP) is 7.38. The Hall–Kier alpha value is -3.54. The molecule has 41 heavy (non-hydrogen) atoms. The van der Waals surface area contributed by atoms with Crippen LogP contribution >= 0.6 is 0 Å². The first-order valence-electron chi connectivity index (χ1n) is 15.1. The van der Waals surface area contributed by atoms with E-state index in [4.69, 9.17) is 4.98 Å². The van der Waals surface area contributed by atoms with E-state index in [1.807, 2.05) is 60.7 Å². The maximum atomic E-state index is 14.4. The van der Waals surface area contributed by atoms with Crippen LogP contribution in [0.4, 0.5) is 0 Å². The first kappa shape index (κ1) is 29.0. The number of fused-ring (bicyclic) bond motifs is 1. The summed E-state index contributed by atoms with van der Waals surface area (Å²) >= 11 is 0. The SMILES string of the molecule is CC[C@H](NC(=O)c1c(CN2CCNC(CCC(C)(C)C)C2)c(-c2ccccc2)nc2ccccc12)c1ccccc1. The van der Waals surface area contributed by atoms with Gasteiger partial charge in [-0.25, -0.2) is 4.98 Å². The second-order valence-corrected chi connectivity index (χ2v) is 12.5. The number of carbonyl (C=O) groups is 1. The maximum Gasteiger partial charge on any atom is 0.252 e. The molecule has 5 nitrogen and oxygen atoms in total. The summed E-state index contributed by atoms with van der Waals surface area (Å²) in [4.78, 5) is 22.0. The average Bonchev–Trinajstić information content (AvgIpc) is 2.99. The number of nitrogens with zero attached hydrogens (tertiary/aromatic N) is 2.